The Labute approximate surface area is 440 Å². The number of fused-ring (bicyclic) bond motifs is 4. The molecule has 76 heavy (non-hydrogen) atoms. The number of hydrogen-bond donors (Lipinski definition) is 0. The van der Waals surface area contributed by atoms with Gasteiger partial charge in [0.15, 0.2) is 34.6 Å². The summed E-state index contributed by atoms with van der Waals surface area (Å²) in [5.41, 5.74) is 16.3. The molecule has 12 aromatic rings. The lowest BCUT2D eigenvalue weighted by atomic mass is 9.93. The van der Waals surface area contributed by atoms with Crippen molar-refractivity contribution in [3.8, 4) is 102 Å². The summed E-state index contributed by atoms with van der Waals surface area (Å²) in [6.07, 6.45) is 0. The third kappa shape index (κ3) is 8.07. The molecule has 0 amide bonds. The molecule has 10 aromatic carbocycles. The van der Waals surface area contributed by atoms with Crippen LogP contribution in [0.2, 0.25) is 0 Å². The van der Waals surface area contributed by atoms with Crippen LogP contribution < -0.4 is 19.3 Å². The SMILES string of the molecule is c1ccc(-c2cc(-c3ccc(-c4ccc(-c5cc(-c6ccccc6)nc(-c6ccccc6)n5)cc4N4c5ccccc5Oc5ccccc54)c(N4c5ccccc5Oc5ccccc54)c3)nc(-c3ccccc3)n2)cc1. The van der Waals surface area contributed by atoms with Gasteiger partial charge in [0.1, 0.15) is 0 Å². The number of aromatic nitrogens is 4. The molecule has 0 radical (unpaired) electrons. The van der Waals surface area contributed by atoms with Crippen LogP contribution in [-0.2, 0) is 0 Å². The summed E-state index contributed by atoms with van der Waals surface area (Å²) in [5, 5.41) is 0. The summed E-state index contributed by atoms with van der Waals surface area (Å²) in [6.45, 7) is 0. The lowest BCUT2D eigenvalue weighted by Crippen LogP contribution is -2.18. The Balaban J connectivity index is 1.05. The first kappa shape index (κ1) is 44.3. The summed E-state index contributed by atoms with van der Waals surface area (Å²) in [7, 11) is 0. The molecule has 0 N–H and O–H groups in total. The molecule has 0 saturated carbocycles. The second-order valence-electron chi connectivity index (χ2n) is 18.6. The van der Waals surface area contributed by atoms with Crippen LogP contribution in [0, 0.1) is 0 Å². The molecule has 8 heteroatoms. The van der Waals surface area contributed by atoms with Gasteiger partial charge < -0.3 is 19.3 Å². The zero-order chi connectivity index (χ0) is 50.4. The molecule has 358 valence electrons. The predicted octanol–water partition coefficient (Wildman–Crippen LogP) is 18.1. The largest absolute Gasteiger partial charge is 0.453 e. The molecule has 2 aliphatic heterocycles. The third-order valence-electron chi connectivity index (χ3n) is 13.9. The zero-order valence-electron chi connectivity index (χ0n) is 40.9. The molecular formula is C68H44N6O2. The highest BCUT2D eigenvalue weighted by atomic mass is 16.5. The van der Waals surface area contributed by atoms with Gasteiger partial charge in [0, 0.05) is 44.5 Å². The van der Waals surface area contributed by atoms with E-state index in [0.717, 1.165) is 124 Å². The van der Waals surface area contributed by atoms with E-state index in [1.807, 2.05) is 121 Å². The Hall–Kier alpha value is -10.4. The fourth-order valence-electron chi connectivity index (χ4n) is 10.3. The molecule has 2 aliphatic rings. The summed E-state index contributed by atoms with van der Waals surface area (Å²) in [6, 6.07) is 91.5. The Morgan fingerprint density at radius 3 is 0.829 bits per heavy atom. The van der Waals surface area contributed by atoms with Gasteiger partial charge in [-0.3, -0.25) is 0 Å². The molecular weight excluding hydrogens is 933 g/mol. The van der Waals surface area contributed by atoms with Gasteiger partial charge in [-0.1, -0.05) is 194 Å². The van der Waals surface area contributed by atoms with Crippen LogP contribution in [0.3, 0.4) is 0 Å². The predicted molar refractivity (Wildman–Crippen MR) is 305 cm³/mol. The number of nitrogens with zero attached hydrogens (tertiary/aromatic N) is 6. The second-order valence-corrected chi connectivity index (χ2v) is 18.6. The topological polar surface area (TPSA) is 76.5 Å². The van der Waals surface area contributed by atoms with Crippen LogP contribution in [0.5, 0.6) is 23.0 Å². The van der Waals surface area contributed by atoms with E-state index >= 15 is 0 Å². The van der Waals surface area contributed by atoms with Gasteiger partial charge in [0.2, 0.25) is 0 Å². The lowest BCUT2D eigenvalue weighted by molar-refractivity contribution is 0.476. The Bertz CT molecular complexity index is 3660. The van der Waals surface area contributed by atoms with Crippen molar-refractivity contribution in [2.45, 2.75) is 0 Å². The van der Waals surface area contributed by atoms with Gasteiger partial charge in [0.25, 0.3) is 0 Å². The van der Waals surface area contributed by atoms with Crippen LogP contribution in [-0.4, -0.2) is 19.9 Å². The van der Waals surface area contributed by atoms with Gasteiger partial charge >= 0.3 is 0 Å². The summed E-state index contributed by atoms with van der Waals surface area (Å²) >= 11 is 0. The first-order valence-corrected chi connectivity index (χ1v) is 25.3. The van der Waals surface area contributed by atoms with Crippen molar-refractivity contribution in [3.63, 3.8) is 0 Å². The van der Waals surface area contributed by atoms with E-state index in [0.29, 0.717) is 11.6 Å². The van der Waals surface area contributed by atoms with Crippen LogP contribution in [0.1, 0.15) is 0 Å². The monoisotopic (exact) mass is 976 g/mol. The normalized spacial score (nSPS) is 12.1. The van der Waals surface area contributed by atoms with Crippen LogP contribution >= 0.6 is 0 Å². The standard InChI is InChI=1S/C68H44N6O2/c1-5-21-45(22-6-1)53-43-55(71-67(69-53)47-25-9-3-10-26-47)49-37-39-51(61(41-49)73-57-29-13-17-33-63(57)75-64-34-18-14-30-58(64)73)52-40-38-50(42-62(52)74-59-31-15-19-35-65(59)76-66-36-20-16-32-60(66)74)56-44-54(46-23-7-2-8-24-46)70-68(72-56)48-27-11-4-12-28-48/h1-44H. The number of ether oxygens (including phenoxy) is 2. The van der Waals surface area contributed by atoms with Gasteiger partial charge in [-0.2, -0.15) is 0 Å². The molecule has 0 bridgehead atoms. The zero-order valence-corrected chi connectivity index (χ0v) is 40.9. The summed E-state index contributed by atoms with van der Waals surface area (Å²) < 4.78 is 13.3. The maximum Gasteiger partial charge on any atom is 0.160 e. The average molecular weight is 977 g/mol. The summed E-state index contributed by atoms with van der Waals surface area (Å²) in [5.74, 6) is 4.27. The second kappa shape index (κ2) is 18.9. The quantitative estimate of drug-likeness (QED) is 0.142. The maximum atomic E-state index is 6.67. The number of hydrogen-bond acceptors (Lipinski definition) is 8. The Morgan fingerprint density at radius 2 is 0.500 bits per heavy atom. The smallest absolute Gasteiger partial charge is 0.160 e. The lowest BCUT2D eigenvalue weighted by Gasteiger charge is -2.36. The van der Waals surface area contributed by atoms with Crippen molar-refractivity contribution < 1.29 is 9.47 Å². The van der Waals surface area contributed by atoms with Crippen LogP contribution in [0.4, 0.5) is 34.1 Å². The van der Waals surface area contributed by atoms with Crippen LogP contribution in [0.15, 0.2) is 267 Å². The highest BCUT2D eigenvalue weighted by Crippen LogP contribution is 2.57. The van der Waals surface area contributed by atoms with E-state index < -0.39 is 0 Å². The third-order valence-corrected chi connectivity index (χ3v) is 13.9. The minimum absolute atomic E-state index is 0.641. The molecule has 0 spiro atoms. The van der Waals surface area contributed by atoms with E-state index in [9.17, 15) is 0 Å². The Kier molecular flexibility index (Phi) is 11.0. The van der Waals surface area contributed by atoms with Crippen molar-refractivity contribution in [1.29, 1.82) is 0 Å². The number of para-hydroxylation sites is 8. The first-order valence-electron chi connectivity index (χ1n) is 25.3. The fourth-order valence-corrected chi connectivity index (χ4v) is 10.3. The van der Waals surface area contributed by atoms with Crippen molar-refractivity contribution in [2.24, 2.45) is 0 Å². The molecule has 0 fully saturated rings. The number of anilines is 6. The number of benzene rings is 10. The molecule has 0 unspecified atom stereocenters. The van der Waals surface area contributed by atoms with E-state index in [4.69, 9.17) is 29.4 Å². The molecule has 0 saturated heterocycles. The van der Waals surface area contributed by atoms with Gasteiger partial charge in [-0.25, -0.2) is 19.9 Å². The molecule has 0 atom stereocenters. The van der Waals surface area contributed by atoms with E-state index in [1.54, 1.807) is 0 Å². The van der Waals surface area contributed by atoms with Crippen molar-refractivity contribution in [2.75, 3.05) is 9.80 Å². The van der Waals surface area contributed by atoms with Crippen molar-refractivity contribution in [3.05, 3.63) is 267 Å². The van der Waals surface area contributed by atoms with Crippen molar-refractivity contribution >= 4 is 34.1 Å². The van der Waals surface area contributed by atoms with Crippen molar-refractivity contribution in [1.82, 2.24) is 19.9 Å². The minimum Gasteiger partial charge on any atom is -0.453 e. The van der Waals surface area contributed by atoms with E-state index in [1.165, 1.54) is 0 Å². The highest BCUT2D eigenvalue weighted by Gasteiger charge is 2.32. The molecule has 0 aliphatic carbocycles. The number of rotatable bonds is 9. The van der Waals surface area contributed by atoms with E-state index in [2.05, 4.69) is 155 Å². The molecule has 14 rings (SSSR count). The highest BCUT2D eigenvalue weighted by molar-refractivity contribution is 6.01. The van der Waals surface area contributed by atoms with Gasteiger partial charge in [-0.05, 0) is 72.8 Å². The van der Waals surface area contributed by atoms with Gasteiger partial charge in [0.05, 0.1) is 56.9 Å². The van der Waals surface area contributed by atoms with Crippen LogP contribution in [0.25, 0.3) is 78.9 Å². The fraction of sp³-hybridized carbons (Fsp3) is 0. The minimum atomic E-state index is 0.641. The molecule has 2 aromatic heterocycles. The first-order chi connectivity index (χ1) is 37.7. The van der Waals surface area contributed by atoms with E-state index in [-0.39, 0.29) is 0 Å². The average Bonchev–Trinajstić information content (AvgIpc) is 3.58. The molecule has 4 heterocycles. The Morgan fingerprint density at radius 1 is 0.224 bits per heavy atom. The van der Waals surface area contributed by atoms with Gasteiger partial charge in [-0.15, -0.1) is 0 Å². The molecule has 8 nitrogen and oxygen atoms in total. The maximum absolute atomic E-state index is 6.67. The summed E-state index contributed by atoms with van der Waals surface area (Å²) in [4.78, 5) is 25.6.